The zero-order valence-corrected chi connectivity index (χ0v) is 16.9. The first-order chi connectivity index (χ1) is 12.7. The lowest BCUT2D eigenvalue weighted by molar-refractivity contribution is 0.0596. The highest BCUT2D eigenvalue weighted by Crippen LogP contribution is 2.25. The molecule has 1 aliphatic rings. The van der Waals surface area contributed by atoms with Crippen molar-refractivity contribution in [1.82, 2.24) is 14.4 Å². The van der Waals surface area contributed by atoms with Crippen LogP contribution in [0.5, 0.6) is 0 Å². The van der Waals surface area contributed by atoms with Gasteiger partial charge in [0.2, 0.25) is 0 Å². The maximum Gasteiger partial charge on any atom is 0.289 e. The second-order valence-corrected chi connectivity index (χ2v) is 8.26. The van der Waals surface area contributed by atoms with E-state index in [4.69, 9.17) is 4.42 Å². The zero-order chi connectivity index (χ0) is 19.8. The van der Waals surface area contributed by atoms with Crippen LogP contribution in [0.15, 0.2) is 28.9 Å². The van der Waals surface area contributed by atoms with Crippen LogP contribution in [0, 0.1) is 13.8 Å². The number of Topliss-reactive ketones (excluding diaryl/α,β-unsaturated/α-hetero) is 1. The maximum atomic E-state index is 12.9. The van der Waals surface area contributed by atoms with Gasteiger partial charge in [-0.3, -0.25) is 14.5 Å². The Morgan fingerprint density at radius 3 is 2.30 bits per heavy atom. The quantitative estimate of drug-likeness (QED) is 0.775. The lowest BCUT2D eigenvalue weighted by atomic mass is 10.1. The third kappa shape index (κ3) is 4.00. The Labute approximate surface area is 160 Å². The van der Waals surface area contributed by atoms with Crippen molar-refractivity contribution in [3.05, 3.63) is 47.2 Å². The molecule has 27 heavy (non-hydrogen) atoms. The van der Waals surface area contributed by atoms with E-state index in [1.54, 1.807) is 17.0 Å². The summed E-state index contributed by atoms with van der Waals surface area (Å²) >= 11 is 0. The van der Waals surface area contributed by atoms with Crippen LogP contribution in [0.1, 0.15) is 53.1 Å². The highest BCUT2D eigenvalue weighted by Gasteiger charge is 2.27. The van der Waals surface area contributed by atoms with Crippen LogP contribution in [-0.4, -0.2) is 58.8 Å². The first kappa shape index (κ1) is 19.4. The number of furan rings is 1. The average molecular weight is 371 g/mol. The van der Waals surface area contributed by atoms with Crippen LogP contribution >= 0.6 is 0 Å². The number of hydrogen-bond donors (Lipinski definition) is 0. The van der Waals surface area contributed by atoms with Gasteiger partial charge in [-0.2, -0.15) is 0 Å². The van der Waals surface area contributed by atoms with E-state index in [0.29, 0.717) is 38.5 Å². The van der Waals surface area contributed by atoms with Gasteiger partial charge < -0.3 is 13.9 Å². The molecule has 1 saturated heterocycles. The Balaban J connectivity index is 1.61. The number of nitrogens with zero attached hydrogens (tertiary/aromatic N) is 3. The molecule has 2 aromatic rings. The van der Waals surface area contributed by atoms with Crippen LogP contribution in [-0.2, 0) is 5.54 Å². The Bertz CT molecular complexity index is 820. The van der Waals surface area contributed by atoms with Gasteiger partial charge in [0, 0.05) is 48.7 Å². The van der Waals surface area contributed by atoms with Gasteiger partial charge >= 0.3 is 0 Å². The fraction of sp³-hybridized carbons (Fsp3) is 0.524. The third-order valence-corrected chi connectivity index (χ3v) is 5.16. The van der Waals surface area contributed by atoms with E-state index in [-0.39, 0.29) is 17.2 Å². The minimum absolute atomic E-state index is 0.0511. The summed E-state index contributed by atoms with van der Waals surface area (Å²) in [4.78, 5) is 29.1. The van der Waals surface area contributed by atoms with Crippen molar-refractivity contribution in [2.75, 3.05) is 32.7 Å². The van der Waals surface area contributed by atoms with Crippen LogP contribution in [0.3, 0.4) is 0 Å². The molecule has 0 aliphatic carbocycles. The molecule has 2 aromatic heterocycles. The van der Waals surface area contributed by atoms with Gasteiger partial charge in [0.05, 0.1) is 12.8 Å². The smallest absolute Gasteiger partial charge is 0.289 e. The molecule has 1 aliphatic heterocycles. The number of rotatable bonds is 4. The monoisotopic (exact) mass is 371 g/mol. The van der Waals surface area contributed by atoms with Gasteiger partial charge in [-0.15, -0.1) is 0 Å². The van der Waals surface area contributed by atoms with Crippen LogP contribution in [0.4, 0.5) is 0 Å². The number of aromatic nitrogens is 1. The van der Waals surface area contributed by atoms with Gasteiger partial charge in [-0.25, -0.2) is 0 Å². The fourth-order valence-electron chi connectivity index (χ4n) is 4.03. The van der Waals surface area contributed by atoms with Crippen molar-refractivity contribution in [2.45, 2.75) is 40.2 Å². The standard InChI is InChI=1S/C21H29N3O3/c1-15-13-17(16(2)24(15)21(3,4)5)18(25)14-22-8-10-23(11-9-22)20(26)19-7-6-12-27-19/h6-7,12-13H,8-11,14H2,1-5H3. The molecule has 0 atom stereocenters. The molecule has 0 radical (unpaired) electrons. The van der Waals surface area contributed by atoms with Crippen molar-refractivity contribution in [1.29, 1.82) is 0 Å². The zero-order valence-electron chi connectivity index (χ0n) is 16.9. The van der Waals surface area contributed by atoms with E-state index in [9.17, 15) is 9.59 Å². The minimum atomic E-state index is -0.0836. The summed E-state index contributed by atoms with van der Waals surface area (Å²) in [5.41, 5.74) is 2.88. The van der Waals surface area contributed by atoms with Crippen molar-refractivity contribution >= 4 is 11.7 Å². The molecular formula is C21H29N3O3. The van der Waals surface area contributed by atoms with Gasteiger partial charge in [0.1, 0.15) is 0 Å². The predicted octanol–water partition coefficient (Wildman–Crippen LogP) is 3.09. The second kappa shape index (κ2) is 7.35. The number of ketones is 1. The molecule has 3 heterocycles. The Morgan fingerprint density at radius 1 is 1.11 bits per heavy atom. The van der Waals surface area contributed by atoms with Gasteiger partial charge in [-0.1, -0.05) is 0 Å². The summed E-state index contributed by atoms with van der Waals surface area (Å²) in [7, 11) is 0. The van der Waals surface area contributed by atoms with E-state index >= 15 is 0 Å². The highest BCUT2D eigenvalue weighted by molar-refractivity contribution is 5.99. The van der Waals surface area contributed by atoms with E-state index in [2.05, 4.69) is 30.2 Å². The fourth-order valence-corrected chi connectivity index (χ4v) is 4.03. The largest absolute Gasteiger partial charge is 0.459 e. The Kier molecular flexibility index (Phi) is 5.29. The Hall–Kier alpha value is -2.34. The molecule has 6 heteroatoms. The van der Waals surface area contributed by atoms with Gasteiger partial charge in [0.15, 0.2) is 11.5 Å². The number of carbonyl (C=O) groups is 2. The molecule has 0 saturated carbocycles. The first-order valence-electron chi connectivity index (χ1n) is 9.46. The molecular weight excluding hydrogens is 342 g/mol. The maximum absolute atomic E-state index is 12.9. The van der Waals surface area contributed by atoms with Crippen LogP contribution in [0.25, 0.3) is 0 Å². The highest BCUT2D eigenvalue weighted by atomic mass is 16.3. The minimum Gasteiger partial charge on any atom is -0.459 e. The topological polar surface area (TPSA) is 58.7 Å². The van der Waals surface area contributed by atoms with Crippen molar-refractivity contribution < 1.29 is 14.0 Å². The van der Waals surface area contributed by atoms with Crippen molar-refractivity contribution in [3.8, 4) is 0 Å². The van der Waals surface area contributed by atoms with E-state index < -0.39 is 0 Å². The molecule has 0 spiro atoms. The van der Waals surface area contributed by atoms with Gasteiger partial charge in [0.25, 0.3) is 5.91 Å². The molecule has 1 amide bonds. The molecule has 0 bridgehead atoms. The summed E-state index contributed by atoms with van der Waals surface area (Å²) in [6, 6.07) is 5.40. The van der Waals surface area contributed by atoms with E-state index in [1.165, 1.54) is 6.26 Å². The van der Waals surface area contributed by atoms with Gasteiger partial charge in [-0.05, 0) is 52.8 Å². The number of aryl methyl sites for hydroxylation is 1. The number of piperazine rings is 1. The summed E-state index contributed by atoms with van der Waals surface area (Å²) in [6.45, 7) is 13.5. The summed E-state index contributed by atoms with van der Waals surface area (Å²) < 4.78 is 7.41. The van der Waals surface area contributed by atoms with Crippen LogP contribution in [0.2, 0.25) is 0 Å². The molecule has 0 unspecified atom stereocenters. The molecule has 0 N–H and O–H groups in total. The summed E-state index contributed by atoms with van der Waals surface area (Å²) in [6.07, 6.45) is 1.51. The normalized spacial score (nSPS) is 16.0. The van der Waals surface area contributed by atoms with Crippen molar-refractivity contribution in [2.24, 2.45) is 0 Å². The predicted molar refractivity (Wildman–Crippen MR) is 104 cm³/mol. The molecule has 0 aromatic carbocycles. The van der Waals surface area contributed by atoms with Crippen LogP contribution < -0.4 is 0 Å². The molecule has 1 fully saturated rings. The first-order valence-corrected chi connectivity index (χ1v) is 9.46. The number of carbonyl (C=O) groups excluding carboxylic acids is 2. The number of hydrogen-bond acceptors (Lipinski definition) is 4. The SMILES string of the molecule is Cc1cc(C(=O)CN2CCN(C(=O)c3ccco3)CC2)c(C)n1C(C)(C)C. The van der Waals surface area contributed by atoms with E-state index in [0.717, 1.165) is 17.0 Å². The number of amides is 1. The molecule has 6 nitrogen and oxygen atoms in total. The lowest BCUT2D eigenvalue weighted by Crippen LogP contribution is -2.49. The summed E-state index contributed by atoms with van der Waals surface area (Å²) in [5.74, 6) is 0.429. The average Bonchev–Trinajstić information content (AvgIpc) is 3.22. The third-order valence-electron chi connectivity index (χ3n) is 5.16. The summed E-state index contributed by atoms with van der Waals surface area (Å²) in [5, 5.41) is 0. The Morgan fingerprint density at radius 2 is 1.78 bits per heavy atom. The molecule has 3 rings (SSSR count). The van der Waals surface area contributed by atoms with E-state index in [1.807, 2.05) is 19.9 Å². The van der Waals surface area contributed by atoms with Crippen molar-refractivity contribution in [3.63, 3.8) is 0 Å². The second-order valence-electron chi connectivity index (χ2n) is 8.26. The lowest BCUT2D eigenvalue weighted by Gasteiger charge is -2.33. The molecule has 146 valence electrons.